The van der Waals surface area contributed by atoms with Crippen molar-refractivity contribution in [2.75, 3.05) is 5.32 Å². The fourth-order valence-corrected chi connectivity index (χ4v) is 1.85. The number of amides is 2. The number of imide groups is 1. The fourth-order valence-electron chi connectivity index (χ4n) is 1.85. The molecule has 4 nitrogen and oxygen atoms in total. The number of hydrogen-bond donors (Lipinski definition) is 2. The second-order valence-electron chi connectivity index (χ2n) is 4.17. The van der Waals surface area contributed by atoms with E-state index >= 15 is 0 Å². The van der Waals surface area contributed by atoms with E-state index in [9.17, 15) is 14.0 Å². The number of piperidine rings is 1. The number of anilines is 1. The number of hydrogen-bond acceptors (Lipinski definition) is 3. The van der Waals surface area contributed by atoms with Crippen LogP contribution in [0.3, 0.4) is 0 Å². The smallest absolute Gasteiger partial charge is 0.249 e. The highest BCUT2D eigenvalue weighted by Gasteiger charge is 2.26. The van der Waals surface area contributed by atoms with E-state index in [1.165, 1.54) is 12.1 Å². The van der Waals surface area contributed by atoms with E-state index in [2.05, 4.69) is 10.6 Å². The van der Waals surface area contributed by atoms with Gasteiger partial charge >= 0.3 is 0 Å². The van der Waals surface area contributed by atoms with Gasteiger partial charge in [-0.05, 0) is 37.1 Å². The van der Waals surface area contributed by atoms with Crippen molar-refractivity contribution in [2.45, 2.75) is 25.8 Å². The molecular formula is C12H13FN2O2. The predicted molar refractivity (Wildman–Crippen MR) is 60.9 cm³/mol. The highest BCUT2D eigenvalue weighted by atomic mass is 19.1. The van der Waals surface area contributed by atoms with Gasteiger partial charge in [0, 0.05) is 12.1 Å². The third-order valence-corrected chi connectivity index (χ3v) is 2.62. The summed E-state index contributed by atoms with van der Waals surface area (Å²) in [6, 6.07) is 4.02. The number of aryl methyl sites for hydroxylation is 1. The number of nitrogens with one attached hydrogen (secondary N) is 2. The van der Waals surface area contributed by atoms with Crippen LogP contribution in [0.1, 0.15) is 18.4 Å². The van der Waals surface area contributed by atoms with E-state index < -0.39 is 6.04 Å². The summed E-state index contributed by atoms with van der Waals surface area (Å²) in [6.45, 7) is 1.78. The Balaban J connectivity index is 2.10. The van der Waals surface area contributed by atoms with Crippen molar-refractivity contribution in [2.24, 2.45) is 0 Å². The van der Waals surface area contributed by atoms with Crippen molar-refractivity contribution in [3.63, 3.8) is 0 Å². The third-order valence-electron chi connectivity index (χ3n) is 2.62. The van der Waals surface area contributed by atoms with Crippen LogP contribution in [0, 0.1) is 12.7 Å². The minimum Gasteiger partial charge on any atom is -0.374 e. The minimum absolute atomic E-state index is 0.261. The molecular weight excluding hydrogens is 223 g/mol. The fraction of sp³-hybridized carbons (Fsp3) is 0.333. The molecule has 0 spiro atoms. The predicted octanol–water partition coefficient (Wildman–Crippen LogP) is 1.35. The monoisotopic (exact) mass is 236 g/mol. The third kappa shape index (κ3) is 2.81. The van der Waals surface area contributed by atoms with Crippen LogP contribution in [0.2, 0.25) is 0 Å². The summed E-state index contributed by atoms with van der Waals surface area (Å²) in [5.41, 5.74) is 1.33. The van der Waals surface area contributed by atoms with Crippen molar-refractivity contribution >= 4 is 17.5 Å². The lowest BCUT2D eigenvalue weighted by Gasteiger charge is -2.22. The molecule has 0 aliphatic carbocycles. The summed E-state index contributed by atoms with van der Waals surface area (Å²) < 4.78 is 13.1. The van der Waals surface area contributed by atoms with Crippen molar-refractivity contribution < 1.29 is 14.0 Å². The molecule has 2 amide bonds. The Bertz CT molecular complexity index is 453. The van der Waals surface area contributed by atoms with Crippen LogP contribution in [-0.4, -0.2) is 17.9 Å². The Labute approximate surface area is 98.2 Å². The molecule has 2 rings (SSSR count). The summed E-state index contributed by atoms with van der Waals surface area (Å²) in [4.78, 5) is 22.5. The zero-order chi connectivity index (χ0) is 12.4. The molecule has 0 bridgehead atoms. The second-order valence-corrected chi connectivity index (χ2v) is 4.17. The average molecular weight is 236 g/mol. The quantitative estimate of drug-likeness (QED) is 0.762. The first kappa shape index (κ1) is 11.6. The number of carbonyl (C=O) groups excluding carboxylic acids is 2. The Hall–Kier alpha value is -1.91. The van der Waals surface area contributed by atoms with Crippen LogP contribution >= 0.6 is 0 Å². The lowest BCUT2D eigenvalue weighted by molar-refractivity contribution is -0.133. The van der Waals surface area contributed by atoms with Gasteiger partial charge in [-0.3, -0.25) is 14.9 Å². The van der Waals surface area contributed by atoms with E-state index in [1.807, 2.05) is 0 Å². The maximum Gasteiger partial charge on any atom is 0.249 e. The first-order valence-electron chi connectivity index (χ1n) is 5.42. The molecule has 1 aromatic rings. The van der Waals surface area contributed by atoms with Gasteiger partial charge in [0.25, 0.3) is 0 Å². The van der Waals surface area contributed by atoms with Crippen molar-refractivity contribution in [1.29, 1.82) is 0 Å². The molecule has 1 aliphatic heterocycles. The molecule has 1 atom stereocenters. The maximum atomic E-state index is 13.1. The Morgan fingerprint density at radius 3 is 2.76 bits per heavy atom. The highest BCUT2D eigenvalue weighted by molar-refractivity contribution is 6.01. The molecule has 0 radical (unpaired) electrons. The molecule has 1 unspecified atom stereocenters. The van der Waals surface area contributed by atoms with Crippen LogP contribution in [0.25, 0.3) is 0 Å². The van der Waals surface area contributed by atoms with Crippen molar-refractivity contribution in [1.82, 2.24) is 5.32 Å². The largest absolute Gasteiger partial charge is 0.374 e. The first-order chi connectivity index (χ1) is 8.04. The molecule has 0 saturated carbocycles. The van der Waals surface area contributed by atoms with Gasteiger partial charge in [-0.2, -0.15) is 0 Å². The first-order valence-corrected chi connectivity index (χ1v) is 5.42. The number of halogens is 1. The molecule has 0 aromatic heterocycles. The molecule has 5 heteroatoms. The van der Waals surface area contributed by atoms with Gasteiger partial charge in [-0.15, -0.1) is 0 Å². The summed E-state index contributed by atoms with van der Waals surface area (Å²) >= 11 is 0. The molecule has 90 valence electrons. The van der Waals surface area contributed by atoms with Gasteiger partial charge in [-0.25, -0.2) is 4.39 Å². The maximum absolute atomic E-state index is 13.1. The van der Waals surface area contributed by atoms with Crippen LogP contribution in [0.15, 0.2) is 18.2 Å². The summed E-state index contributed by atoms with van der Waals surface area (Å²) in [7, 11) is 0. The number of benzene rings is 1. The zero-order valence-electron chi connectivity index (χ0n) is 9.42. The summed E-state index contributed by atoms with van der Waals surface area (Å²) in [6.07, 6.45) is 0.734. The molecule has 2 N–H and O–H groups in total. The standard InChI is InChI=1S/C12H13FN2O2/c1-7-4-8(13)6-9(5-7)14-10-2-3-11(16)15-12(10)17/h4-6,10,14H,2-3H2,1H3,(H,15,16,17). The summed E-state index contributed by atoms with van der Waals surface area (Å²) in [5, 5.41) is 5.17. The van der Waals surface area contributed by atoms with Gasteiger partial charge < -0.3 is 5.32 Å². The highest BCUT2D eigenvalue weighted by Crippen LogP contribution is 2.17. The molecule has 1 aromatic carbocycles. The molecule has 17 heavy (non-hydrogen) atoms. The molecule has 1 fully saturated rings. The molecule has 1 heterocycles. The Kier molecular flexibility index (Phi) is 3.08. The van der Waals surface area contributed by atoms with Crippen molar-refractivity contribution in [3.8, 4) is 0 Å². The lowest BCUT2D eigenvalue weighted by Crippen LogP contribution is -2.47. The summed E-state index contributed by atoms with van der Waals surface area (Å²) in [5.74, 6) is -0.966. The van der Waals surface area contributed by atoms with Gasteiger partial charge in [0.05, 0.1) is 0 Å². The number of carbonyl (C=O) groups is 2. The van der Waals surface area contributed by atoms with E-state index in [0.717, 1.165) is 5.56 Å². The normalized spacial score (nSPS) is 20.0. The van der Waals surface area contributed by atoms with Gasteiger partial charge in [0.2, 0.25) is 11.8 Å². The van der Waals surface area contributed by atoms with Crippen LogP contribution in [0.5, 0.6) is 0 Å². The Morgan fingerprint density at radius 1 is 1.35 bits per heavy atom. The topological polar surface area (TPSA) is 58.2 Å². The van der Waals surface area contributed by atoms with Crippen LogP contribution in [-0.2, 0) is 9.59 Å². The second kappa shape index (κ2) is 4.53. The van der Waals surface area contributed by atoms with E-state index in [4.69, 9.17) is 0 Å². The average Bonchev–Trinajstić information content (AvgIpc) is 2.21. The SMILES string of the molecule is Cc1cc(F)cc(NC2CCC(=O)NC2=O)c1. The lowest BCUT2D eigenvalue weighted by atomic mass is 10.1. The Morgan fingerprint density at radius 2 is 2.12 bits per heavy atom. The van der Waals surface area contributed by atoms with Crippen LogP contribution < -0.4 is 10.6 Å². The van der Waals surface area contributed by atoms with E-state index in [0.29, 0.717) is 18.5 Å². The van der Waals surface area contributed by atoms with E-state index in [-0.39, 0.29) is 17.6 Å². The van der Waals surface area contributed by atoms with E-state index in [1.54, 1.807) is 13.0 Å². The molecule has 1 saturated heterocycles. The van der Waals surface area contributed by atoms with Crippen LogP contribution in [0.4, 0.5) is 10.1 Å². The van der Waals surface area contributed by atoms with Gasteiger partial charge in [0.15, 0.2) is 0 Å². The number of rotatable bonds is 2. The van der Waals surface area contributed by atoms with Crippen molar-refractivity contribution in [3.05, 3.63) is 29.6 Å². The van der Waals surface area contributed by atoms with Gasteiger partial charge in [-0.1, -0.05) is 0 Å². The molecule has 1 aliphatic rings. The zero-order valence-corrected chi connectivity index (χ0v) is 9.42. The van der Waals surface area contributed by atoms with Gasteiger partial charge in [0.1, 0.15) is 11.9 Å². The minimum atomic E-state index is -0.478.